The third kappa shape index (κ3) is 3.27. The van der Waals surface area contributed by atoms with E-state index in [1.807, 2.05) is 36.4 Å². The zero-order chi connectivity index (χ0) is 23.2. The fraction of sp³-hybridized carbons (Fsp3) is 0.375. The number of fused-ring (bicyclic) bond motifs is 1. The van der Waals surface area contributed by atoms with Crippen LogP contribution in [0.15, 0.2) is 42.5 Å². The number of likely N-dealkylation sites (tertiary alicyclic amines) is 1. The Bertz CT molecular complexity index is 1100. The number of methoxy groups -OCH3 is 2. The number of hydrogen-bond donors (Lipinski definition) is 1. The van der Waals surface area contributed by atoms with E-state index < -0.39 is 29.4 Å². The highest BCUT2D eigenvalue weighted by Crippen LogP contribution is 2.49. The van der Waals surface area contributed by atoms with Crippen LogP contribution >= 0.6 is 11.6 Å². The summed E-state index contributed by atoms with van der Waals surface area (Å²) >= 11 is 6.15. The summed E-state index contributed by atoms with van der Waals surface area (Å²) in [7, 11) is 2.85. The first kappa shape index (κ1) is 22.3. The number of amides is 2. The van der Waals surface area contributed by atoms with Crippen LogP contribution in [0.4, 0.5) is 0 Å². The van der Waals surface area contributed by atoms with Crippen LogP contribution in [0.1, 0.15) is 25.5 Å². The summed E-state index contributed by atoms with van der Waals surface area (Å²) in [4.78, 5) is 40.1. The van der Waals surface area contributed by atoms with Gasteiger partial charge in [0.25, 0.3) is 0 Å². The smallest absolute Gasteiger partial charge is 0.326 e. The molecule has 2 aromatic carbocycles. The minimum Gasteiger partial charge on any atom is -0.496 e. The third-order valence-electron chi connectivity index (χ3n) is 6.52. The second-order valence-corrected chi connectivity index (χ2v) is 8.65. The van der Waals surface area contributed by atoms with Gasteiger partial charge in [0, 0.05) is 23.2 Å². The Kier molecular flexibility index (Phi) is 5.73. The number of benzene rings is 2. The SMILES string of the molecule is CCN1C(=O)[C@H]2[C@@H](c3ccc(-c4cccc(Cl)c4)c(OC)c3)N[C@@](C)(C(=O)OC)[C@H]2C1=O. The highest BCUT2D eigenvalue weighted by atomic mass is 35.5. The van der Waals surface area contributed by atoms with E-state index in [9.17, 15) is 14.4 Å². The molecule has 2 aromatic rings. The Hall–Kier alpha value is -2.90. The molecule has 2 aliphatic heterocycles. The Morgan fingerprint density at radius 2 is 1.91 bits per heavy atom. The van der Waals surface area contributed by atoms with Gasteiger partial charge in [0.1, 0.15) is 11.3 Å². The molecule has 32 heavy (non-hydrogen) atoms. The molecule has 0 radical (unpaired) electrons. The van der Waals surface area contributed by atoms with E-state index in [-0.39, 0.29) is 18.4 Å². The number of ether oxygens (including phenoxy) is 2. The largest absolute Gasteiger partial charge is 0.496 e. The molecule has 0 unspecified atom stereocenters. The molecule has 4 rings (SSSR count). The van der Waals surface area contributed by atoms with E-state index in [2.05, 4.69) is 5.32 Å². The van der Waals surface area contributed by atoms with Crippen LogP contribution in [-0.2, 0) is 19.1 Å². The molecular weight excluding hydrogens is 432 g/mol. The van der Waals surface area contributed by atoms with Gasteiger partial charge in [-0.25, -0.2) is 0 Å². The highest BCUT2D eigenvalue weighted by Gasteiger charge is 2.66. The third-order valence-corrected chi connectivity index (χ3v) is 6.76. The fourth-order valence-corrected chi connectivity index (χ4v) is 5.18. The number of imide groups is 1. The minimum absolute atomic E-state index is 0.256. The van der Waals surface area contributed by atoms with Crippen molar-refractivity contribution < 1.29 is 23.9 Å². The van der Waals surface area contributed by atoms with Crippen LogP contribution in [-0.4, -0.2) is 49.0 Å². The molecule has 2 saturated heterocycles. The van der Waals surface area contributed by atoms with Gasteiger partial charge in [-0.3, -0.25) is 24.6 Å². The standard InChI is InChI=1S/C24H25ClN2O5/c1-5-27-21(28)18-19(22(27)29)24(2,23(30)32-4)26-20(18)14-9-10-16(17(12-14)31-3)13-7-6-8-15(25)11-13/h6-12,18-20,26H,5H2,1-4H3/t18-,19-,20-,24-/m1/s1. The summed E-state index contributed by atoms with van der Waals surface area (Å²) in [5, 5.41) is 3.85. The molecule has 2 aliphatic rings. The number of carbonyl (C=O) groups is 3. The first-order valence-electron chi connectivity index (χ1n) is 10.4. The van der Waals surface area contributed by atoms with Gasteiger partial charge >= 0.3 is 5.97 Å². The lowest BCUT2D eigenvalue weighted by molar-refractivity contribution is -0.153. The van der Waals surface area contributed by atoms with E-state index in [1.54, 1.807) is 27.0 Å². The number of nitrogens with one attached hydrogen (secondary N) is 1. The average molecular weight is 457 g/mol. The van der Waals surface area contributed by atoms with Crippen LogP contribution < -0.4 is 10.1 Å². The number of hydrogen-bond acceptors (Lipinski definition) is 6. The van der Waals surface area contributed by atoms with E-state index in [0.717, 1.165) is 16.7 Å². The van der Waals surface area contributed by atoms with Gasteiger partial charge in [-0.15, -0.1) is 0 Å². The van der Waals surface area contributed by atoms with Crippen molar-refractivity contribution in [2.45, 2.75) is 25.4 Å². The molecule has 2 amide bonds. The summed E-state index contributed by atoms with van der Waals surface area (Å²) < 4.78 is 10.6. The zero-order valence-electron chi connectivity index (χ0n) is 18.3. The summed E-state index contributed by atoms with van der Waals surface area (Å²) in [6, 6.07) is 12.5. The first-order chi connectivity index (χ1) is 15.3. The topological polar surface area (TPSA) is 84.9 Å². The maximum Gasteiger partial charge on any atom is 0.326 e. The lowest BCUT2D eigenvalue weighted by Crippen LogP contribution is -2.53. The Balaban J connectivity index is 1.80. The summed E-state index contributed by atoms with van der Waals surface area (Å²) in [6.45, 7) is 3.63. The summed E-state index contributed by atoms with van der Waals surface area (Å²) in [6.07, 6.45) is 0. The molecule has 8 heteroatoms. The van der Waals surface area contributed by atoms with Crippen molar-refractivity contribution in [3.63, 3.8) is 0 Å². The van der Waals surface area contributed by atoms with Crippen molar-refractivity contribution in [2.24, 2.45) is 11.8 Å². The lowest BCUT2D eigenvalue weighted by atomic mass is 9.80. The van der Waals surface area contributed by atoms with E-state index >= 15 is 0 Å². The van der Waals surface area contributed by atoms with Gasteiger partial charge in [-0.2, -0.15) is 0 Å². The second kappa shape index (κ2) is 8.22. The predicted octanol–water partition coefficient (Wildman–Crippen LogP) is 3.21. The molecule has 0 bridgehead atoms. The van der Waals surface area contributed by atoms with Gasteiger partial charge in [0.15, 0.2) is 0 Å². The number of esters is 1. The van der Waals surface area contributed by atoms with Crippen molar-refractivity contribution in [1.29, 1.82) is 0 Å². The number of carbonyl (C=O) groups excluding carboxylic acids is 3. The molecular formula is C24H25ClN2O5. The molecule has 4 atom stereocenters. The number of nitrogens with zero attached hydrogens (tertiary/aromatic N) is 1. The monoisotopic (exact) mass is 456 g/mol. The Morgan fingerprint density at radius 1 is 1.16 bits per heavy atom. The van der Waals surface area contributed by atoms with E-state index in [0.29, 0.717) is 10.8 Å². The van der Waals surface area contributed by atoms with Crippen molar-refractivity contribution in [3.05, 3.63) is 53.1 Å². The fourth-order valence-electron chi connectivity index (χ4n) is 4.99. The molecule has 1 N–H and O–H groups in total. The van der Waals surface area contributed by atoms with Crippen LogP contribution in [0, 0.1) is 11.8 Å². The van der Waals surface area contributed by atoms with Gasteiger partial charge in [0.2, 0.25) is 11.8 Å². The molecule has 168 valence electrons. The quantitative estimate of drug-likeness (QED) is 0.549. The van der Waals surface area contributed by atoms with Gasteiger partial charge in [-0.1, -0.05) is 35.9 Å². The van der Waals surface area contributed by atoms with Crippen molar-refractivity contribution >= 4 is 29.4 Å². The normalized spacial score (nSPS) is 26.9. The van der Waals surface area contributed by atoms with Crippen LogP contribution in [0.3, 0.4) is 0 Å². The summed E-state index contributed by atoms with van der Waals surface area (Å²) in [5.74, 6) is -2.17. The van der Waals surface area contributed by atoms with E-state index in [4.69, 9.17) is 21.1 Å². The lowest BCUT2D eigenvalue weighted by Gasteiger charge is -2.28. The molecule has 0 aliphatic carbocycles. The van der Waals surface area contributed by atoms with Crippen molar-refractivity contribution in [1.82, 2.24) is 10.2 Å². The molecule has 7 nitrogen and oxygen atoms in total. The van der Waals surface area contributed by atoms with Gasteiger partial charge in [-0.05, 0) is 43.2 Å². The predicted molar refractivity (Wildman–Crippen MR) is 119 cm³/mol. The zero-order valence-corrected chi connectivity index (χ0v) is 19.1. The molecule has 2 heterocycles. The van der Waals surface area contributed by atoms with Crippen molar-refractivity contribution in [3.8, 4) is 16.9 Å². The van der Waals surface area contributed by atoms with Crippen LogP contribution in [0.25, 0.3) is 11.1 Å². The highest BCUT2D eigenvalue weighted by molar-refractivity contribution is 6.30. The first-order valence-corrected chi connectivity index (χ1v) is 10.8. The second-order valence-electron chi connectivity index (χ2n) is 8.21. The van der Waals surface area contributed by atoms with Crippen LogP contribution in [0.2, 0.25) is 5.02 Å². The molecule has 0 spiro atoms. The minimum atomic E-state index is -1.32. The maximum atomic E-state index is 13.2. The summed E-state index contributed by atoms with van der Waals surface area (Å²) in [5.41, 5.74) is 1.16. The van der Waals surface area contributed by atoms with Crippen molar-refractivity contribution in [2.75, 3.05) is 20.8 Å². The Labute approximate surface area is 191 Å². The maximum absolute atomic E-state index is 13.2. The Morgan fingerprint density at radius 3 is 2.53 bits per heavy atom. The number of rotatable bonds is 5. The van der Waals surface area contributed by atoms with Gasteiger partial charge < -0.3 is 9.47 Å². The average Bonchev–Trinajstić information content (AvgIpc) is 3.25. The van der Waals surface area contributed by atoms with Gasteiger partial charge in [0.05, 0.1) is 26.1 Å². The molecule has 0 aromatic heterocycles. The van der Waals surface area contributed by atoms with E-state index in [1.165, 1.54) is 12.0 Å². The molecule has 2 fully saturated rings. The number of halogens is 1. The molecule has 0 saturated carbocycles. The van der Waals surface area contributed by atoms with Crippen LogP contribution in [0.5, 0.6) is 5.75 Å².